The van der Waals surface area contributed by atoms with Gasteiger partial charge in [0.05, 0.1) is 31.1 Å². The molecule has 3 aromatic rings. The lowest BCUT2D eigenvalue weighted by molar-refractivity contribution is 0.396. The summed E-state index contributed by atoms with van der Waals surface area (Å²) >= 11 is 0. The molecule has 0 aromatic heterocycles. The van der Waals surface area contributed by atoms with Gasteiger partial charge in [-0.25, -0.2) is 0 Å². The summed E-state index contributed by atoms with van der Waals surface area (Å²) in [7, 11) is -7.34. The van der Waals surface area contributed by atoms with E-state index in [2.05, 4.69) is 32.3 Å². The standard InChI is InChI=1S/3C9H10O3S/c1-3-8-4-6-9(7-5-8)13(10,11)12-2;1-3-8-5-4-6-9(7-8)13(10,11)12-2;1-3-8-6-4-5-7-9(8)13(10,11)12-2/h3*3-7H,1H2,2H3. The second-order valence-electron chi connectivity index (χ2n) is 7.15. The molecule has 0 amide bonds. The Bertz CT molecular complexity index is 1590. The average molecular weight is 595 g/mol. The van der Waals surface area contributed by atoms with Gasteiger partial charge in [-0.1, -0.05) is 80.4 Å². The quantitative estimate of drug-likeness (QED) is 0.314. The van der Waals surface area contributed by atoms with Crippen molar-refractivity contribution in [3.05, 3.63) is 109 Å². The van der Waals surface area contributed by atoms with Gasteiger partial charge < -0.3 is 0 Å². The Morgan fingerprint density at radius 3 is 1.54 bits per heavy atom. The molecule has 0 aliphatic rings. The normalized spacial score (nSPS) is 11.2. The molecule has 210 valence electrons. The van der Waals surface area contributed by atoms with Gasteiger partial charge in [0.2, 0.25) is 0 Å². The first kappa shape index (κ1) is 33.6. The Morgan fingerprint density at radius 2 is 1.05 bits per heavy atom. The van der Waals surface area contributed by atoms with Crippen LogP contribution in [0.15, 0.2) is 107 Å². The SMILES string of the molecule is C=Cc1ccc(S(=O)(=O)OC)cc1.C=Cc1cccc(S(=O)(=O)OC)c1.C=Cc1ccccc1S(=O)(=O)OC. The van der Waals surface area contributed by atoms with Crippen LogP contribution < -0.4 is 0 Å². The molecular formula is C27H30O9S3. The second-order valence-corrected chi connectivity index (χ2v) is 12.3. The molecule has 0 spiro atoms. The highest BCUT2D eigenvalue weighted by molar-refractivity contribution is 7.87. The van der Waals surface area contributed by atoms with Crippen LogP contribution in [0.3, 0.4) is 0 Å². The zero-order chi connectivity index (χ0) is 29.7. The fourth-order valence-corrected chi connectivity index (χ4v) is 4.97. The minimum atomic E-state index is -3.61. The number of hydrogen-bond acceptors (Lipinski definition) is 9. The molecule has 0 N–H and O–H groups in total. The summed E-state index contributed by atoms with van der Waals surface area (Å²) in [6, 6.07) is 19.2. The summed E-state index contributed by atoms with van der Waals surface area (Å²) in [5, 5.41) is 0. The molecule has 0 aliphatic carbocycles. The van der Waals surface area contributed by atoms with Crippen molar-refractivity contribution in [3.8, 4) is 0 Å². The van der Waals surface area contributed by atoms with Crippen LogP contribution >= 0.6 is 0 Å². The van der Waals surface area contributed by atoms with Gasteiger partial charge in [-0.2, -0.15) is 25.3 Å². The van der Waals surface area contributed by atoms with Crippen molar-refractivity contribution in [1.82, 2.24) is 0 Å². The van der Waals surface area contributed by atoms with Crippen molar-refractivity contribution >= 4 is 48.6 Å². The van der Waals surface area contributed by atoms with E-state index >= 15 is 0 Å². The molecule has 3 rings (SSSR count). The summed E-state index contributed by atoms with van der Waals surface area (Å²) in [6.07, 6.45) is 4.70. The van der Waals surface area contributed by atoms with Crippen molar-refractivity contribution in [2.45, 2.75) is 14.7 Å². The summed E-state index contributed by atoms with van der Waals surface area (Å²) in [6.45, 7) is 10.6. The third kappa shape index (κ3) is 10.0. The van der Waals surface area contributed by atoms with Crippen LogP contribution in [0.2, 0.25) is 0 Å². The molecule has 0 aliphatic heterocycles. The molecule has 0 bridgehead atoms. The predicted octanol–water partition coefficient (Wildman–Crippen LogP) is 4.99. The first-order chi connectivity index (χ1) is 18.3. The van der Waals surface area contributed by atoms with E-state index in [0.717, 1.165) is 32.5 Å². The van der Waals surface area contributed by atoms with Gasteiger partial charge in [0.25, 0.3) is 30.4 Å². The molecule has 0 unspecified atom stereocenters. The Morgan fingerprint density at radius 1 is 0.538 bits per heavy atom. The fraction of sp³-hybridized carbons (Fsp3) is 0.111. The van der Waals surface area contributed by atoms with Crippen molar-refractivity contribution in [3.63, 3.8) is 0 Å². The second kappa shape index (κ2) is 15.3. The number of rotatable bonds is 9. The van der Waals surface area contributed by atoms with Crippen LogP contribution in [0.25, 0.3) is 18.2 Å². The molecule has 0 radical (unpaired) electrons. The molecular weight excluding hydrogens is 564 g/mol. The number of hydrogen-bond donors (Lipinski definition) is 0. The molecule has 39 heavy (non-hydrogen) atoms. The molecule has 0 saturated carbocycles. The Kier molecular flexibility index (Phi) is 13.2. The van der Waals surface area contributed by atoms with E-state index in [0.29, 0.717) is 5.56 Å². The van der Waals surface area contributed by atoms with Crippen molar-refractivity contribution in [1.29, 1.82) is 0 Å². The molecule has 12 heteroatoms. The van der Waals surface area contributed by atoms with E-state index in [9.17, 15) is 25.3 Å². The highest BCUT2D eigenvalue weighted by atomic mass is 32.2. The highest BCUT2D eigenvalue weighted by Gasteiger charge is 2.15. The zero-order valence-corrected chi connectivity index (χ0v) is 24.1. The van der Waals surface area contributed by atoms with Crippen LogP contribution in [-0.4, -0.2) is 46.6 Å². The fourth-order valence-electron chi connectivity index (χ4n) is 2.73. The monoisotopic (exact) mass is 594 g/mol. The lowest BCUT2D eigenvalue weighted by Crippen LogP contribution is -2.04. The van der Waals surface area contributed by atoms with Gasteiger partial charge in [0, 0.05) is 0 Å². The maximum Gasteiger partial charge on any atom is 0.297 e. The van der Waals surface area contributed by atoms with Crippen molar-refractivity contribution < 1.29 is 37.8 Å². The maximum atomic E-state index is 11.3. The first-order valence-electron chi connectivity index (χ1n) is 10.9. The van der Waals surface area contributed by atoms with E-state index < -0.39 is 30.4 Å². The lowest BCUT2D eigenvalue weighted by atomic mass is 10.2. The topological polar surface area (TPSA) is 130 Å². The lowest BCUT2D eigenvalue weighted by Gasteiger charge is -2.03. The third-order valence-corrected chi connectivity index (χ3v) is 8.76. The Balaban J connectivity index is 0.000000292. The van der Waals surface area contributed by atoms with Gasteiger partial charge in [-0.05, 0) is 47.0 Å². The summed E-state index contributed by atoms with van der Waals surface area (Å²) in [5.41, 5.74) is 2.16. The smallest absolute Gasteiger partial charge is 0.270 e. The Hall–Kier alpha value is -3.39. The van der Waals surface area contributed by atoms with Gasteiger partial charge in [-0.15, -0.1) is 0 Å². The number of benzene rings is 3. The molecule has 0 saturated heterocycles. The van der Waals surface area contributed by atoms with Crippen LogP contribution in [-0.2, 0) is 42.9 Å². The molecule has 9 nitrogen and oxygen atoms in total. The van der Waals surface area contributed by atoms with Crippen LogP contribution in [0, 0.1) is 0 Å². The van der Waals surface area contributed by atoms with Crippen LogP contribution in [0.5, 0.6) is 0 Å². The van der Waals surface area contributed by atoms with E-state index in [1.165, 1.54) is 36.4 Å². The zero-order valence-electron chi connectivity index (χ0n) is 21.7. The molecule has 0 fully saturated rings. The van der Waals surface area contributed by atoms with Crippen LogP contribution in [0.1, 0.15) is 16.7 Å². The largest absolute Gasteiger partial charge is 0.297 e. The third-order valence-electron chi connectivity index (χ3n) is 4.85. The predicted molar refractivity (Wildman–Crippen MR) is 152 cm³/mol. The molecule has 0 heterocycles. The van der Waals surface area contributed by atoms with Gasteiger partial charge >= 0.3 is 0 Å². The minimum Gasteiger partial charge on any atom is -0.270 e. The van der Waals surface area contributed by atoms with E-state index in [-0.39, 0.29) is 14.7 Å². The van der Waals surface area contributed by atoms with E-state index in [4.69, 9.17) is 0 Å². The highest BCUT2D eigenvalue weighted by Crippen LogP contribution is 2.18. The van der Waals surface area contributed by atoms with Crippen molar-refractivity contribution in [2.75, 3.05) is 21.3 Å². The van der Waals surface area contributed by atoms with E-state index in [1.54, 1.807) is 54.6 Å². The summed E-state index contributed by atoms with van der Waals surface area (Å²) in [4.78, 5) is 0.445. The minimum absolute atomic E-state index is 0.146. The van der Waals surface area contributed by atoms with Crippen LogP contribution in [0.4, 0.5) is 0 Å². The molecule has 3 aromatic carbocycles. The average Bonchev–Trinajstić information content (AvgIpc) is 2.97. The summed E-state index contributed by atoms with van der Waals surface area (Å²) in [5.74, 6) is 0. The Labute approximate surface area is 231 Å². The summed E-state index contributed by atoms with van der Waals surface area (Å²) < 4.78 is 80.4. The van der Waals surface area contributed by atoms with Crippen molar-refractivity contribution in [2.24, 2.45) is 0 Å². The van der Waals surface area contributed by atoms with Gasteiger partial charge in [0.1, 0.15) is 4.90 Å². The maximum absolute atomic E-state index is 11.3. The molecule has 0 atom stereocenters. The van der Waals surface area contributed by atoms with E-state index in [1.807, 2.05) is 0 Å². The first-order valence-corrected chi connectivity index (χ1v) is 15.1. The van der Waals surface area contributed by atoms with Gasteiger partial charge in [-0.3, -0.25) is 12.5 Å². The van der Waals surface area contributed by atoms with Gasteiger partial charge in [0.15, 0.2) is 0 Å².